The molecule has 1 unspecified atom stereocenters. The number of nitrogens with one attached hydrogen (secondary N) is 1. The van der Waals surface area contributed by atoms with E-state index in [1.165, 1.54) is 0 Å². The molecule has 6 nitrogen and oxygen atoms in total. The maximum atomic E-state index is 12.3. The number of carbonyl (C=O) groups is 1. The number of fused-ring (bicyclic) bond motifs is 1. The number of anilines is 1. The van der Waals surface area contributed by atoms with Crippen LogP contribution >= 0.6 is 0 Å². The van der Waals surface area contributed by atoms with Crippen molar-refractivity contribution in [2.75, 3.05) is 18.4 Å². The van der Waals surface area contributed by atoms with Crippen LogP contribution in [0.5, 0.6) is 0 Å². The van der Waals surface area contributed by atoms with E-state index in [1.54, 1.807) is 6.20 Å². The number of rotatable bonds is 3. The predicted molar refractivity (Wildman–Crippen MR) is 94.0 cm³/mol. The lowest BCUT2D eigenvalue weighted by atomic mass is 10.2. The highest BCUT2D eigenvalue weighted by Gasteiger charge is 2.31. The van der Waals surface area contributed by atoms with Gasteiger partial charge in [-0.15, -0.1) is 0 Å². The molecule has 3 rings (SSSR count). The van der Waals surface area contributed by atoms with Crippen LogP contribution in [0.25, 0.3) is 11.0 Å². The number of hydrogen-bond acceptors (Lipinski definition) is 5. The van der Waals surface area contributed by atoms with Crippen molar-refractivity contribution in [3.63, 3.8) is 0 Å². The molecular formula is C18H24N4O2. The fourth-order valence-corrected chi connectivity index (χ4v) is 2.87. The Morgan fingerprint density at radius 1 is 1.33 bits per heavy atom. The van der Waals surface area contributed by atoms with Gasteiger partial charge in [-0.25, -0.2) is 9.78 Å². The van der Waals surface area contributed by atoms with Crippen LogP contribution in [0.3, 0.4) is 0 Å². The lowest BCUT2D eigenvalue weighted by Gasteiger charge is -2.28. The number of likely N-dealkylation sites (tertiary alicyclic amines) is 1. The molecule has 2 heterocycles. The van der Waals surface area contributed by atoms with Gasteiger partial charge in [-0.1, -0.05) is 12.1 Å². The molecule has 1 aliphatic rings. The summed E-state index contributed by atoms with van der Waals surface area (Å²) in [5.74, 6) is 0.727. The molecular weight excluding hydrogens is 304 g/mol. The number of hydrogen-bond donors (Lipinski definition) is 1. The first kappa shape index (κ1) is 16.5. The van der Waals surface area contributed by atoms with Gasteiger partial charge in [0, 0.05) is 13.1 Å². The highest BCUT2D eigenvalue weighted by Crippen LogP contribution is 2.21. The number of ether oxygens (including phenoxy) is 1. The third-order valence-electron chi connectivity index (χ3n) is 3.97. The Morgan fingerprint density at radius 2 is 2.08 bits per heavy atom. The molecule has 1 N–H and O–H groups in total. The monoisotopic (exact) mass is 328 g/mol. The first-order chi connectivity index (χ1) is 11.4. The van der Waals surface area contributed by atoms with Crippen molar-refractivity contribution in [1.82, 2.24) is 14.9 Å². The van der Waals surface area contributed by atoms with Crippen LogP contribution in [0.15, 0.2) is 30.5 Å². The summed E-state index contributed by atoms with van der Waals surface area (Å²) >= 11 is 0. The highest BCUT2D eigenvalue weighted by atomic mass is 16.6. The number of para-hydroxylation sites is 2. The highest BCUT2D eigenvalue weighted by molar-refractivity contribution is 5.75. The molecule has 1 aliphatic heterocycles. The zero-order chi connectivity index (χ0) is 17.2. The molecule has 24 heavy (non-hydrogen) atoms. The molecule has 0 aliphatic carbocycles. The Labute approximate surface area is 142 Å². The molecule has 0 bridgehead atoms. The lowest BCUT2D eigenvalue weighted by Crippen LogP contribution is -2.42. The van der Waals surface area contributed by atoms with Crippen molar-refractivity contribution in [2.45, 2.75) is 45.3 Å². The second-order valence-corrected chi connectivity index (χ2v) is 7.09. The third kappa shape index (κ3) is 3.93. The van der Waals surface area contributed by atoms with Gasteiger partial charge in [0.1, 0.15) is 11.4 Å². The lowest BCUT2D eigenvalue weighted by molar-refractivity contribution is 0.0235. The van der Waals surface area contributed by atoms with Gasteiger partial charge < -0.3 is 15.0 Å². The van der Waals surface area contributed by atoms with Crippen LogP contribution < -0.4 is 5.32 Å². The maximum absolute atomic E-state index is 12.3. The molecule has 0 saturated carbocycles. The van der Waals surface area contributed by atoms with Gasteiger partial charge in [0.25, 0.3) is 0 Å². The van der Waals surface area contributed by atoms with Gasteiger partial charge in [-0.3, -0.25) is 4.98 Å². The number of amides is 1. The normalized spacial score (nSPS) is 18.0. The fourth-order valence-electron chi connectivity index (χ4n) is 2.87. The van der Waals surface area contributed by atoms with Crippen molar-refractivity contribution in [3.05, 3.63) is 30.5 Å². The molecule has 1 aromatic heterocycles. The largest absolute Gasteiger partial charge is 0.444 e. The van der Waals surface area contributed by atoms with Crippen molar-refractivity contribution in [1.29, 1.82) is 0 Å². The zero-order valence-corrected chi connectivity index (χ0v) is 14.5. The smallest absolute Gasteiger partial charge is 0.410 e. The zero-order valence-electron chi connectivity index (χ0n) is 14.5. The second-order valence-electron chi connectivity index (χ2n) is 7.09. The molecule has 0 radical (unpaired) electrons. The summed E-state index contributed by atoms with van der Waals surface area (Å²) in [6.45, 7) is 7.05. The molecule has 1 atom stereocenters. The van der Waals surface area contributed by atoms with Crippen LogP contribution in [0.4, 0.5) is 10.6 Å². The Morgan fingerprint density at radius 3 is 2.83 bits per heavy atom. The minimum atomic E-state index is -0.471. The third-order valence-corrected chi connectivity index (χ3v) is 3.97. The van der Waals surface area contributed by atoms with E-state index >= 15 is 0 Å². The minimum absolute atomic E-state index is 0.119. The first-order valence-electron chi connectivity index (χ1n) is 8.38. The fraction of sp³-hybridized carbons (Fsp3) is 0.500. The maximum Gasteiger partial charge on any atom is 0.410 e. The molecule has 0 spiro atoms. The number of carbonyl (C=O) groups excluding carboxylic acids is 1. The molecule has 1 aromatic carbocycles. The van der Waals surface area contributed by atoms with Crippen LogP contribution in [-0.4, -0.2) is 45.7 Å². The predicted octanol–water partition coefficient (Wildman–Crippen LogP) is 3.44. The summed E-state index contributed by atoms with van der Waals surface area (Å²) in [6.07, 6.45) is 3.45. The molecule has 128 valence electrons. The summed E-state index contributed by atoms with van der Waals surface area (Å²) in [5, 5.41) is 3.30. The van der Waals surface area contributed by atoms with E-state index in [-0.39, 0.29) is 12.1 Å². The summed E-state index contributed by atoms with van der Waals surface area (Å²) < 4.78 is 5.49. The van der Waals surface area contributed by atoms with Crippen molar-refractivity contribution >= 4 is 22.9 Å². The van der Waals surface area contributed by atoms with E-state index in [4.69, 9.17) is 4.74 Å². The van der Waals surface area contributed by atoms with Gasteiger partial charge in [-0.05, 0) is 45.7 Å². The molecule has 1 fully saturated rings. The topological polar surface area (TPSA) is 67.3 Å². The quantitative estimate of drug-likeness (QED) is 0.935. The minimum Gasteiger partial charge on any atom is -0.444 e. The average molecular weight is 328 g/mol. The summed E-state index contributed by atoms with van der Waals surface area (Å²) in [4.78, 5) is 23.1. The van der Waals surface area contributed by atoms with Crippen LogP contribution in [0, 0.1) is 0 Å². The van der Waals surface area contributed by atoms with Gasteiger partial charge in [0.05, 0.1) is 23.3 Å². The van der Waals surface area contributed by atoms with Crippen molar-refractivity contribution in [2.24, 2.45) is 0 Å². The summed E-state index contributed by atoms with van der Waals surface area (Å²) in [7, 11) is 0. The molecule has 1 amide bonds. The Balaban J connectivity index is 1.63. The Bertz CT molecular complexity index is 726. The first-order valence-corrected chi connectivity index (χ1v) is 8.38. The van der Waals surface area contributed by atoms with E-state index < -0.39 is 5.60 Å². The van der Waals surface area contributed by atoms with Gasteiger partial charge in [0.2, 0.25) is 0 Å². The molecule has 2 aromatic rings. The van der Waals surface area contributed by atoms with Crippen molar-refractivity contribution in [3.8, 4) is 0 Å². The van der Waals surface area contributed by atoms with Crippen LogP contribution in [0.1, 0.15) is 33.6 Å². The van der Waals surface area contributed by atoms with Crippen LogP contribution in [-0.2, 0) is 4.74 Å². The van der Waals surface area contributed by atoms with E-state index in [9.17, 15) is 4.79 Å². The van der Waals surface area contributed by atoms with E-state index in [0.717, 1.165) is 36.2 Å². The number of benzene rings is 1. The van der Waals surface area contributed by atoms with E-state index in [0.29, 0.717) is 6.54 Å². The molecule has 1 saturated heterocycles. The van der Waals surface area contributed by atoms with Gasteiger partial charge in [0.15, 0.2) is 0 Å². The number of aromatic nitrogens is 2. The average Bonchev–Trinajstić information content (AvgIpc) is 3.00. The van der Waals surface area contributed by atoms with Gasteiger partial charge >= 0.3 is 6.09 Å². The summed E-state index contributed by atoms with van der Waals surface area (Å²) in [5.41, 5.74) is 1.26. The second kappa shape index (κ2) is 6.63. The Kier molecular flexibility index (Phi) is 4.55. The van der Waals surface area contributed by atoms with E-state index in [1.807, 2.05) is 49.9 Å². The Hall–Kier alpha value is -2.37. The number of nitrogens with zero attached hydrogens (tertiary/aromatic N) is 3. The van der Waals surface area contributed by atoms with E-state index in [2.05, 4.69) is 15.3 Å². The summed E-state index contributed by atoms with van der Waals surface area (Å²) in [6, 6.07) is 7.89. The van der Waals surface area contributed by atoms with Crippen LogP contribution in [0.2, 0.25) is 0 Å². The van der Waals surface area contributed by atoms with Gasteiger partial charge in [-0.2, -0.15) is 0 Å². The molecule has 6 heteroatoms. The van der Waals surface area contributed by atoms with Crippen molar-refractivity contribution < 1.29 is 9.53 Å². The standard InChI is InChI=1S/C18H24N4O2/c1-18(2,3)24-17(23)22-10-6-7-13(22)11-20-16-12-19-14-8-4-5-9-15(14)21-16/h4-5,8-9,12-13H,6-7,10-11H2,1-3H3,(H,20,21). The SMILES string of the molecule is CC(C)(C)OC(=O)N1CCCC1CNc1cnc2ccccc2n1.